The summed E-state index contributed by atoms with van der Waals surface area (Å²) in [7, 11) is 1.90. The van der Waals surface area contributed by atoms with Crippen molar-refractivity contribution in [3.8, 4) is 0 Å². The number of hydrogen-bond acceptors (Lipinski definition) is 3. The molecule has 25 heavy (non-hydrogen) atoms. The van der Waals surface area contributed by atoms with Gasteiger partial charge in [0.15, 0.2) is 0 Å². The van der Waals surface area contributed by atoms with Crippen LogP contribution in [0.15, 0.2) is 30.6 Å². The highest BCUT2D eigenvalue weighted by molar-refractivity contribution is 6.31. The molecule has 0 bridgehead atoms. The SMILES string of the molecule is Cn1ccnc1[C@H]1OCCC[C@@H]1NCc1ccc(Cl)c(C(F)(F)F)c1. The summed E-state index contributed by atoms with van der Waals surface area (Å²) in [5.74, 6) is 0.810. The summed E-state index contributed by atoms with van der Waals surface area (Å²) in [6.45, 7) is 0.948. The summed E-state index contributed by atoms with van der Waals surface area (Å²) >= 11 is 5.67. The third kappa shape index (κ3) is 4.16. The molecule has 1 aromatic heterocycles. The Bertz CT molecular complexity index is 732. The third-order valence-electron chi connectivity index (χ3n) is 4.34. The summed E-state index contributed by atoms with van der Waals surface area (Å²) in [6.07, 6.45) is 0.641. The Balaban J connectivity index is 1.73. The summed E-state index contributed by atoms with van der Waals surface area (Å²) in [5, 5.41) is 3.02. The molecule has 136 valence electrons. The van der Waals surface area contributed by atoms with Crippen LogP contribution in [0.1, 0.15) is 35.9 Å². The van der Waals surface area contributed by atoms with Gasteiger partial charge in [0.25, 0.3) is 0 Å². The molecule has 0 radical (unpaired) electrons. The van der Waals surface area contributed by atoms with E-state index < -0.39 is 11.7 Å². The van der Waals surface area contributed by atoms with E-state index in [0.717, 1.165) is 24.7 Å². The van der Waals surface area contributed by atoms with Crippen LogP contribution in [-0.4, -0.2) is 22.2 Å². The highest BCUT2D eigenvalue weighted by Crippen LogP contribution is 2.35. The lowest BCUT2D eigenvalue weighted by Gasteiger charge is -2.32. The molecule has 8 heteroatoms. The molecule has 2 heterocycles. The third-order valence-corrected chi connectivity index (χ3v) is 4.67. The first kappa shape index (κ1) is 18.2. The fourth-order valence-electron chi connectivity index (χ4n) is 3.04. The van der Waals surface area contributed by atoms with Gasteiger partial charge in [0.05, 0.1) is 10.6 Å². The number of ether oxygens (including phenoxy) is 1. The van der Waals surface area contributed by atoms with Crippen molar-refractivity contribution in [1.29, 1.82) is 0 Å². The predicted molar refractivity (Wildman–Crippen MR) is 88.2 cm³/mol. The number of halogens is 4. The van der Waals surface area contributed by atoms with Crippen LogP contribution >= 0.6 is 11.6 Å². The summed E-state index contributed by atoms with van der Waals surface area (Å²) < 4.78 is 46.7. The number of nitrogens with one attached hydrogen (secondary N) is 1. The predicted octanol–water partition coefficient (Wildman–Crippen LogP) is 4.10. The molecule has 3 rings (SSSR count). The Morgan fingerprint density at radius 3 is 2.88 bits per heavy atom. The Hall–Kier alpha value is -1.57. The maximum atomic E-state index is 13.0. The summed E-state index contributed by atoms with van der Waals surface area (Å²) in [4.78, 5) is 4.33. The van der Waals surface area contributed by atoms with Crippen molar-refractivity contribution in [3.05, 3.63) is 52.6 Å². The maximum Gasteiger partial charge on any atom is 0.417 e. The first-order chi connectivity index (χ1) is 11.9. The Kier molecular flexibility index (Phi) is 5.36. The highest BCUT2D eigenvalue weighted by Gasteiger charge is 2.34. The van der Waals surface area contributed by atoms with E-state index in [2.05, 4.69) is 10.3 Å². The van der Waals surface area contributed by atoms with E-state index in [0.29, 0.717) is 18.7 Å². The van der Waals surface area contributed by atoms with Crippen LogP contribution in [0.5, 0.6) is 0 Å². The van der Waals surface area contributed by atoms with Crippen molar-refractivity contribution >= 4 is 11.6 Å². The minimum absolute atomic E-state index is 0.0140. The molecule has 2 aromatic rings. The zero-order chi connectivity index (χ0) is 18.0. The van der Waals surface area contributed by atoms with Crippen molar-refractivity contribution in [1.82, 2.24) is 14.9 Å². The molecule has 0 unspecified atom stereocenters. The lowest BCUT2D eigenvalue weighted by atomic mass is 10.0. The number of imidazole rings is 1. The number of aromatic nitrogens is 2. The van der Waals surface area contributed by atoms with Crippen LogP contribution in [0.25, 0.3) is 0 Å². The molecule has 1 aromatic carbocycles. The summed E-state index contributed by atoms with van der Waals surface area (Å²) in [6, 6.07) is 3.97. The van der Waals surface area contributed by atoms with Gasteiger partial charge in [-0.05, 0) is 30.5 Å². The second kappa shape index (κ2) is 7.35. The normalized spacial score (nSPS) is 21.5. The van der Waals surface area contributed by atoms with Crippen molar-refractivity contribution in [3.63, 3.8) is 0 Å². The van der Waals surface area contributed by atoms with E-state index in [4.69, 9.17) is 16.3 Å². The van der Waals surface area contributed by atoms with Gasteiger partial charge < -0.3 is 14.6 Å². The molecule has 0 aliphatic carbocycles. The molecule has 1 aliphatic rings. The Morgan fingerprint density at radius 1 is 1.40 bits per heavy atom. The Labute approximate surface area is 149 Å². The van der Waals surface area contributed by atoms with Crippen LogP contribution < -0.4 is 5.32 Å². The molecule has 1 saturated heterocycles. The van der Waals surface area contributed by atoms with Crippen LogP contribution in [0.2, 0.25) is 5.02 Å². The average Bonchev–Trinajstić information content (AvgIpc) is 2.99. The van der Waals surface area contributed by atoms with Crippen LogP contribution in [0.3, 0.4) is 0 Å². The second-order valence-corrected chi connectivity index (χ2v) is 6.54. The van der Waals surface area contributed by atoms with Gasteiger partial charge in [-0.3, -0.25) is 0 Å². The molecular weight excluding hydrogens is 355 g/mol. The van der Waals surface area contributed by atoms with Gasteiger partial charge >= 0.3 is 6.18 Å². The number of rotatable bonds is 4. The lowest BCUT2D eigenvalue weighted by Crippen LogP contribution is -2.40. The van der Waals surface area contributed by atoms with E-state index in [-0.39, 0.29) is 17.2 Å². The average molecular weight is 374 g/mol. The molecular formula is C17H19ClF3N3O. The maximum absolute atomic E-state index is 13.0. The largest absolute Gasteiger partial charge is 0.417 e. The molecule has 4 nitrogen and oxygen atoms in total. The van der Waals surface area contributed by atoms with Crippen molar-refractivity contribution in [2.75, 3.05) is 6.61 Å². The monoisotopic (exact) mass is 373 g/mol. The fraction of sp³-hybridized carbons (Fsp3) is 0.471. The molecule has 1 fully saturated rings. The van der Waals surface area contributed by atoms with Gasteiger partial charge in [-0.1, -0.05) is 17.7 Å². The smallest absolute Gasteiger partial charge is 0.369 e. The summed E-state index contributed by atoms with van der Waals surface area (Å²) in [5.41, 5.74) is -0.282. The zero-order valence-corrected chi connectivity index (χ0v) is 14.4. The molecule has 1 N–H and O–H groups in total. The van der Waals surface area contributed by atoms with Crippen LogP contribution in [-0.2, 0) is 24.5 Å². The number of aryl methyl sites for hydroxylation is 1. The van der Waals surface area contributed by atoms with Crippen molar-refractivity contribution in [2.24, 2.45) is 7.05 Å². The molecule has 2 atom stereocenters. The Morgan fingerprint density at radius 2 is 2.20 bits per heavy atom. The zero-order valence-electron chi connectivity index (χ0n) is 13.7. The molecule has 0 saturated carbocycles. The van der Waals surface area contributed by atoms with Gasteiger partial charge in [0.1, 0.15) is 11.9 Å². The second-order valence-electron chi connectivity index (χ2n) is 6.13. The molecule has 0 amide bonds. The van der Waals surface area contributed by atoms with E-state index in [1.54, 1.807) is 12.3 Å². The number of benzene rings is 1. The van der Waals surface area contributed by atoms with Crippen LogP contribution in [0, 0.1) is 0 Å². The van der Waals surface area contributed by atoms with E-state index in [9.17, 15) is 13.2 Å². The lowest BCUT2D eigenvalue weighted by molar-refractivity contribution is -0.137. The first-order valence-electron chi connectivity index (χ1n) is 8.04. The minimum atomic E-state index is -4.46. The van der Waals surface area contributed by atoms with E-state index >= 15 is 0 Å². The quantitative estimate of drug-likeness (QED) is 0.877. The molecule has 0 spiro atoms. The van der Waals surface area contributed by atoms with Crippen molar-refractivity contribution in [2.45, 2.75) is 37.7 Å². The topological polar surface area (TPSA) is 39.1 Å². The van der Waals surface area contributed by atoms with Gasteiger partial charge in [0, 0.05) is 38.6 Å². The van der Waals surface area contributed by atoms with Crippen LogP contribution in [0.4, 0.5) is 13.2 Å². The van der Waals surface area contributed by atoms with Crippen molar-refractivity contribution < 1.29 is 17.9 Å². The minimum Gasteiger partial charge on any atom is -0.369 e. The van der Waals surface area contributed by atoms with E-state index in [1.165, 1.54) is 6.07 Å². The fourth-order valence-corrected chi connectivity index (χ4v) is 3.27. The number of nitrogens with zero attached hydrogens (tertiary/aromatic N) is 2. The highest BCUT2D eigenvalue weighted by atomic mass is 35.5. The number of alkyl halides is 3. The standard InChI is InChI=1S/C17H19ClF3N3O/c1-24-7-6-22-16(24)15-14(3-2-8-25-15)23-10-11-4-5-13(18)12(9-11)17(19,20)21/h4-7,9,14-15,23H,2-3,8,10H2,1H3/t14-,15-/m0/s1. The van der Waals surface area contributed by atoms with Gasteiger partial charge in [-0.15, -0.1) is 0 Å². The first-order valence-corrected chi connectivity index (χ1v) is 8.42. The van der Waals surface area contributed by atoms with Gasteiger partial charge in [-0.2, -0.15) is 13.2 Å². The van der Waals surface area contributed by atoms with Gasteiger partial charge in [0.2, 0.25) is 0 Å². The number of hydrogen-bond donors (Lipinski definition) is 1. The van der Waals surface area contributed by atoms with E-state index in [1.807, 2.05) is 17.8 Å². The van der Waals surface area contributed by atoms with Gasteiger partial charge in [-0.25, -0.2) is 4.98 Å². The molecule has 1 aliphatic heterocycles.